The van der Waals surface area contributed by atoms with E-state index < -0.39 is 6.10 Å². The summed E-state index contributed by atoms with van der Waals surface area (Å²) in [6.45, 7) is 3.50. The van der Waals surface area contributed by atoms with Crippen molar-refractivity contribution >= 4 is 17.6 Å². The lowest BCUT2D eigenvalue weighted by Crippen LogP contribution is -2.06. The van der Waals surface area contributed by atoms with Gasteiger partial charge < -0.3 is 4.74 Å². The largest absolute Gasteiger partial charge is 0.444 e. The van der Waals surface area contributed by atoms with Crippen molar-refractivity contribution in [1.29, 1.82) is 0 Å². The lowest BCUT2D eigenvalue weighted by molar-refractivity contribution is -0.144. The van der Waals surface area contributed by atoms with Crippen LogP contribution in [-0.4, -0.2) is 5.97 Å². The van der Waals surface area contributed by atoms with Crippen LogP contribution in [0.5, 0.6) is 0 Å². The molecular weight excluding hydrogens is 248 g/mol. The molecule has 0 saturated carbocycles. The zero-order chi connectivity index (χ0) is 13.4. The first-order valence-electron chi connectivity index (χ1n) is 6.04. The molecule has 0 bridgehead atoms. The molecule has 0 spiro atoms. The Labute approximate surface area is 113 Å². The van der Waals surface area contributed by atoms with Crippen molar-refractivity contribution in [3.05, 3.63) is 34.9 Å². The minimum atomic E-state index is -0.503. The average Bonchev–Trinajstić information content (AvgIpc) is 2.34. The maximum Gasteiger partial charge on any atom is 0.304 e. The Hall–Kier alpha value is -1.46. The number of hydrogen-bond acceptors (Lipinski definition) is 2. The third-order valence-corrected chi connectivity index (χ3v) is 2.60. The predicted molar refractivity (Wildman–Crippen MR) is 73.3 cm³/mol. The van der Waals surface area contributed by atoms with E-state index >= 15 is 0 Å². The highest BCUT2D eigenvalue weighted by molar-refractivity contribution is 6.30. The highest BCUT2D eigenvalue weighted by Gasteiger charge is 2.11. The van der Waals surface area contributed by atoms with Crippen LogP contribution in [0.3, 0.4) is 0 Å². The fraction of sp³-hybridized carbons (Fsp3) is 0.400. The van der Waals surface area contributed by atoms with Crippen LogP contribution in [0.2, 0.25) is 5.02 Å². The van der Waals surface area contributed by atoms with Gasteiger partial charge in [0.1, 0.15) is 0 Å². The van der Waals surface area contributed by atoms with Crippen LogP contribution in [0.1, 0.15) is 44.8 Å². The Morgan fingerprint density at radius 1 is 1.39 bits per heavy atom. The van der Waals surface area contributed by atoms with Crippen molar-refractivity contribution in [3.8, 4) is 11.8 Å². The van der Waals surface area contributed by atoms with Crippen molar-refractivity contribution in [1.82, 2.24) is 0 Å². The van der Waals surface area contributed by atoms with Crippen molar-refractivity contribution in [3.63, 3.8) is 0 Å². The summed E-state index contributed by atoms with van der Waals surface area (Å²) in [7, 11) is 0. The molecule has 0 heterocycles. The number of unbranched alkanes of at least 4 members (excludes halogenated alkanes) is 2. The molecule has 0 fully saturated rings. The van der Waals surface area contributed by atoms with E-state index in [1.54, 1.807) is 12.1 Å². The third kappa shape index (κ3) is 5.25. The Kier molecular flexibility index (Phi) is 6.32. The minimum absolute atomic E-state index is 0.334. The summed E-state index contributed by atoms with van der Waals surface area (Å²) in [6, 6.07) is 7.18. The number of halogens is 1. The van der Waals surface area contributed by atoms with Gasteiger partial charge >= 0.3 is 5.97 Å². The highest BCUT2D eigenvalue weighted by atomic mass is 35.5. The molecule has 0 aliphatic carbocycles. The SMILES string of the molecule is CCCCC#CC(OC(C)=O)c1ccc(Cl)cc1. The number of esters is 1. The Morgan fingerprint density at radius 2 is 2.06 bits per heavy atom. The molecule has 96 valence electrons. The van der Waals surface area contributed by atoms with E-state index in [-0.39, 0.29) is 5.97 Å². The molecule has 18 heavy (non-hydrogen) atoms. The molecule has 0 N–H and O–H groups in total. The fourth-order valence-corrected chi connectivity index (χ4v) is 1.54. The van der Waals surface area contributed by atoms with Gasteiger partial charge in [-0.25, -0.2) is 0 Å². The molecule has 0 aliphatic heterocycles. The minimum Gasteiger partial charge on any atom is -0.444 e. The van der Waals surface area contributed by atoms with Gasteiger partial charge in [0.2, 0.25) is 0 Å². The lowest BCUT2D eigenvalue weighted by Gasteiger charge is -2.11. The van der Waals surface area contributed by atoms with Crippen LogP contribution in [0.25, 0.3) is 0 Å². The van der Waals surface area contributed by atoms with E-state index in [9.17, 15) is 4.79 Å². The monoisotopic (exact) mass is 264 g/mol. The van der Waals surface area contributed by atoms with E-state index in [0.29, 0.717) is 5.02 Å². The summed E-state index contributed by atoms with van der Waals surface area (Å²) < 4.78 is 5.20. The number of carbonyl (C=O) groups is 1. The molecular formula is C15H17ClO2. The second-order valence-corrected chi connectivity index (χ2v) is 4.40. The van der Waals surface area contributed by atoms with Crippen LogP contribution in [0.15, 0.2) is 24.3 Å². The number of carbonyl (C=O) groups excluding carboxylic acids is 1. The molecule has 0 amide bonds. The Bertz CT molecular complexity index is 440. The molecule has 0 aliphatic rings. The summed E-state index contributed by atoms with van der Waals surface area (Å²) in [5, 5.41) is 0.652. The topological polar surface area (TPSA) is 26.3 Å². The highest BCUT2D eigenvalue weighted by Crippen LogP contribution is 2.19. The second-order valence-electron chi connectivity index (χ2n) is 3.97. The smallest absolute Gasteiger partial charge is 0.304 e. The van der Waals surface area contributed by atoms with E-state index in [1.807, 2.05) is 12.1 Å². The normalized spacial score (nSPS) is 11.3. The standard InChI is InChI=1S/C15H17ClO2/c1-3-4-5-6-7-15(18-12(2)17)13-8-10-14(16)11-9-13/h8-11,15H,3-5H2,1-2H3. The van der Waals surface area contributed by atoms with Crippen molar-refractivity contribution in [2.75, 3.05) is 0 Å². The van der Waals surface area contributed by atoms with E-state index in [2.05, 4.69) is 18.8 Å². The van der Waals surface area contributed by atoms with E-state index in [0.717, 1.165) is 24.8 Å². The van der Waals surface area contributed by atoms with Gasteiger partial charge in [-0.15, -0.1) is 0 Å². The molecule has 1 atom stereocenters. The van der Waals surface area contributed by atoms with Gasteiger partial charge in [0.15, 0.2) is 6.10 Å². The van der Waals surface area contributed by atoms with Crippen LogP contribution in [0, 0.1) is 11.8 Å². The quantitative estimate of drug-likeness (QED) is 0.464. The van der Waals surface area contributed by atoms with Crippen LogP contribution in [0.4, 0.5) is 0 Å². The molecule has 1 aromatic carbocycles. The second kappa shape index (κ2) is 7.79. The molecule has 2 nitrogen and oxygen atoms in total. The zero-order valence-electron chi connectivity index (χ0n) is 10.7. The van der Waals surface area contributed by atoms with Gasteiger partial charge in [-0.2, -0.15) is 0 Å². The third-order valence-electron chi connectivity index (χ3n) is 2.35. The van der Waals surface area contributed by atoms with E-state index in [4.69, 9.17) is 16.3 Å². The molecule has 1 unspecified atom stereocenters. The van der Waals surface area contributed by atoms with Crippen molar-refractivity contribution in [2.24, 2.45) is 0 Å². The van der Waals surface area contributed by atoms with Gasteiger partial charge in [-0.1, -0.05) is 48.9 Å². The van der Waals surface area contributed by atoms with Gasteiger partial charge in [-0.3, -0.25) is 4.79 Å². The van der Waals surface area contributed by atoms with Crippen LogP contribution >= 0.6 is 11.6 Å². The van der Waals surface area contributed by atoms with Crippen molar-refractivity contribution < 1.29 is 9.53 Å². The fourth-order valence-electron chi connectivity index (χ4n) is 1.41. The number of hydrogen-bond donors (Lipinski definition) is 0. The number of benzene rings is 1. The van der Waals surface area contributed by atoms with E-state index in [1.165, 1.54) is 6.92 Å². The molecule has 0 aromatic heterocycles. The summed E-state index contributed by atoms with van der Waals surface area (Å²) >= 11 is 5.82. The molecule has 0 saturated heterocycles. The number of rotatable bonds is 4. The number of ether oxygens (including phenoxy) is 1. The first-order valence-corrected chi connectivity index (χ1v) is 6.42. The first-order chi connectivity index (χ1) is 8.63. The molecule has 1 aromatic rings. The van der Waals surface area contributed by atoms with Crippen molar-refractivity contribution in [2.45, 2.75) is 39.2 Å². The summed E-state index contributed by atoms with van der Waals surface area (Å²) in [6.07, 6.45) is 2.48. The van der Waals surface area contributed by atoms with Crippen LogP contribution in [-0.2, 0) is 9.53 Å². The summed E-state index contributed by atoms with van der Waals surface area (Å²) in [4.78, 5) is 11.1. The van der Waals surface area contributed by atoms with Crippen LogP contribution < -0.4 is 0 Å². The zero-order valence-corrected chi connectivity index (χ0v) is 11.5. The first kappa shape index (κ1) is 14.6. The van der Waals surface area contributed by atoms with Gasteiger partial charge in [0.05, 0.1) is 0 Å². The summed E-state index contributed by atoms with van der Waals surface area (Å²) in [5.41, 5.74) is 0.846. The maximum absolute atomic E-state index is 11.1. The molecule has 3 heteroatoms. The Morgan fingerprint density at radius 3 is 2.61 bits per heavy atom. The van der Waals surface area contributed by atoms with Gasteiger partial charge in [-0.05, 0) is 18.6 Å². The van der Waals surface area contributed by atoms with Gasteiger partial charge in [0, 0.05) is 23.9 Å². The predicted octanol–water partition coefficient (Wildman–Crippen LogP) is 4.14. The maximum atomic E-state index is 11.1. The van der Waals surface area contributed by atoms with Gasteiger partial charge in [0.25, 0.3) is 0 Å². The molecule has 1 rings (SSSR count). The Balaban J connectivity index is 2.79. The summed E-state index contributed by atoms with van der Waals surface area (Å²) in [5.74, 6) is 5.70. The average molecular weight is 265 g/mol. The lowest BCUT2D eigenvalue weighted by atomic mass is 10.1. The molecule has 0 radical (unpaired) electrons.